The van der Waals surface area contributed by atoms with Crippen LogP contribution in [0.2, 0.25) is 0 Å². The molecular weight excluding hydrogens is 270 g/mol. The van der Waals surface area contributed by atoms with Crippen LogP contribution in [0.15, 0.2) is 24.3 Å². The molecule has 0 radical (unpaired) electrons. The molecular formula is C15H21N3O3. The summed E-state index contributed by atoms with van der Waals surface area (Å²) in [5.74, 6) is -1.01. The molecule has 1 atom stereocenters. The quantitative estimate of drug-likeness (QED) is 0.775. The molecule has 0 bridgehead atoms. The first-order valence-electron chi connectivity index (χ1n) is 7.22. The first kappa shape index (κ1) is 15.3. The van der Waals surface area contributed by atoms with Crippen molar-refractivity contribution in [2.24, 2.45) is 0 Å². The topological polar surface area (TPSA) is 81.7 Å². The Morgan fingerprint density at radius 3 is 2.95 bits per heavy atom. The number of carboxylic acids is 1. The van der Waals surface area contributed by atoms with E-state index in [0.29, 0.717) is 18.3 Å². The van der Waals surface area contributed by atoms with Crippen molar-refractivity contribution in [2.75, 3.05) is 25.0 Å². The number of carboxylic acid groups (broad SMARTS) is 1. The summed E-state index contributed by atoms with van der Waals surface area (Å²) in [5.41, 5.74) is 0.631. The second kappa shape index (κ2) is 7.08. The third kappa shape index (κ3) is 4.19. The van der Waals surface area contributed by atoms with Crippen LogP contribution in [-0.2, 0) is 0 Å². The van der Waals surface area contributed by atoms with Gasteiger partial charge in [0.15, 0.2) is 0 Å². The lowest BCUT2D eigenvalue weighted by molar-refractivity contribution is 0.0697. The normalized spacial score (nSPS) is 18.4. The van der Waals surface area contributed by atoms with Crippen molar-refractivity contribution in [1.29, 1.82) is 0 Å². The standard InChI is InChI=1S/C15H21N3O3/c1-2-18-8-4-7-13(18)10-16-15(21)17-12-6-3-5-11(9-12)14(19)20/h3,5-6,9,13H,2,4,7-8,10H2,1H3,(H,19,20)(H2,16,17,21). The highest BCUT2D eigenvalue weighted by atomic mass is 16.4. The molecule has 1 aliphatic rings. The van der Waals surface area contributed by atoms with Crippen molar-refractivity contribution >= 4 is 17.7 Å². The van der Waals surface area contributed by atoms with Gasteiger partial charge in [-0.2, -0.15) is 0 Å². The number of nitrogens with zero attached hydrogens (tertiary/aromatic N) is 1. The molecule has 0 aromatic heterocycles. The molecule has 1 heterocycles. The van der Waals surface area contributed by atoms with Crippen LogP contribution < -0.4 is 10.6 Å². The van der Waals surface area contributed by atoms with Crippen molar-refractivity contribution in [2.45, 2.75) is 25.8 Å². The number of likely N-dealkylation sites (tertiary alicyclic amines) is 1. The summed E-state index contributed by atoms with van der Waals surface area (Å²) in [4.78, 5) is 25.1. The summed E-state index contributed by atoms with van der Waals surface area (Å²) < 4.78 is 0. The molecule has 6 nitrogen and oxygen atoms in total. The molecule has 1 saturated heterocycles. The molecule has 1 aromatic rings. The van der Waals surface area contributed by atoms with Gasteiger partial charge >= 0.3 is 12.0 Å². The summed E-state index contributed by atoms with van der Waals surface area (Å²) in [6.07, 6.45) is 2.27. The van der Waals surface area contributed by atoms with Gasteiger partial charge in [-0.25, -0.2) is 9.59 Å². The molecule has 1 aliphatic heterocycles. The number of benzene rings is 1. The fourth-order valence-electron chi connectivity index (χ4n) is 2.66. The van der Waals surface area contributed by atoms with E-state index in [9.17, 15) is 9.59 Å². The van der Waals surface area contributed by atoms with Crippen LogP contribution in [-0.4, -0.2) is 47.7 Å². The molecule has 1 unspecified atom stereocenters. The van der Waals surface area contributed by atoms with Crippen LogP contribution in [0, 0.1) is 0 Å². The van der Waals surface area contributed by atoms with Crippen LogP contribution in [0.25, 0.3) is 0 Å². The van der Waals surface area contributed by atoms with Gasteiger partial charge in [0.2, 0.25) is 0 Å². The number of aromatic carboxylic acids is 1. The van der Waals surface area contributed by atoms with E-state index in [4.69, 9.17) is 5.11 Å². The number of anilines is 1. The van der Waals surface area contributed by atoms with Gasteiger partial charge < -0.3 is 15.7 Å². The molecule has 6 heteroatoms. The zero-order valence-corrected chi connectivity index (χ0v) is 12.1. The van der Waals surface area contributed by atoms with E-state index in [1.807, 2.05) is 0 Å². The number of urea groups is 1. The fourth-order valence-corrected chi connectivity index (χ4v) is 2.66. The number of nitrogens with one attached hydrogen (secondary N) is 2. The summed E-state index contributed by atoms with van der Waals surface area (Å²) in [6.45, 7) is 4.81. The highest BCUT2D eigenvalue weighted by molar-refractivity contribution is 5.93. The van der Waals surface area contributed by atoms with Crippen molar-refractivity contribution in [3.05, 3.63) is 29.8 Å². The van der Waals surface area contributed by atoms with Crippen LogP contribution in [0.4, 0.5) is 10.5 Å². The van der Waals surface area contributed by atoms with Gasteiger partial charge in [0.25, 0.3) is 0 Å². The number of carbonyl (C=O) groups is 2. The molecule has 0 spiro atoms. The minimum Gasteiger partial charge on any atom is -0.478 e. The smallest absolute Gasteiger partial charge is 0.335 e. The lowest BCUT2D eigenvalue weighted by Gasteiger charge is -2.22. The predicted molar refractivity (Wildman–Crippen MR) is 80.7 cm³/mol. The molecule has 0 aliphatic carbocycles. The van der Waals surface area contributed by atoms with Crippen molar-refractivity contribution in [3.8, 4) is 0 Å². The van der Waals surface area contributed by atoms with E-state index in [-0.39, 0.29) is 11.6 Å². The van der Waals surface area contributed by atoms with E-state index >= 15 is 0 Å². The average Bonchev–Trinajstić information content (AvgIpc) is 2.93. The second-order valence-corrected chi connectivity index (χ2v) is 5.15. The summed E-state index contributed by atoms with van der Waals surface area (Å²) >= 11 is 0. The largest absolute Gasteiger partial charge is 0.478 e. The third-order valence-corrected chi connectivity index (χ3v) is 3.77. The number of likely N-dealkylation sites (N-methyl/N-ethyl adjacent to an activating group) is 1. The minimum atomic E-state index is -1.01. The van der Waals surface area contributed by atoms with Crippen molar-refractivity contribution in [1.82, 2.24) is 10.2 Å². The Labute approximate surface area is 124 Å². The second-order valence-electron chi connectivity index (χ2n) is 5.15. The Balaban J connectivity index is 1.84. The Morgan fingerprint density at radius 1 is 1.43 bits per heavy atom. The monoisotopic (exact) mass is 291 g/mol. The molecule has 21 heavy (non-hydrogen) atoms. The van der Waals surface area contributed by atoms with Crippen LogP contribution >= 0.6 is 0 Å². The molecule has 0 saturated carbocycles. The zero-order chi connectivity index (χ0) is 15.2. The number of carbonyl (C=O) groups excluding carboxylic acids is 1. The van der Waals surface area contributed by atoms with Gasteiger partial charge in [-0.15, -0.1) is 0 Å². The van der Waals surface area contributed by atoms with E-state index in [2.05, 4.69) is 22.5 Å². The van der Waals surface area contributed by atoms with Crippen LogP contribution in [0.3, 0.4) is 0 Å². The van der Waals surface area contributed by atoms with Gasteiger partial charge in [0.05, 0.1) is 5.56 Å². The summed E-state index contributed by atoms with van der Waals surface area (Å²) in [7, 11) is 0. The van der Waals surface area contributed by atoms with Crippen molar-refractivity contribution < 1.29 is 14.7 Å². The lowest BCUT2D eigenvalue weighted by atomic mass is 10.2. The summed E-state index contributed by atoms with van der Waals surface area (Å²) in [6, 6.07) is 6.29. The van der Waals surface area contributed by atoms with Gasteiger partial charge in [-0.1, -0.05) is 13.0 Å². The van der Waals surface area contributed by atoms with E-state index in [0.717, 1.165) is 19.5 Å². The van der Waals surface area contributed by atoms with E-state index < -0.39 is 5.97 Å². The SMILES string of the molecule is CCN1CCCC1CNC(=O)Nc1cccc(C(=O)O)c1. The molecule has 1 aromatic carbocycles. The highest BCUT2D eigenvalue weighted by Gasteiger charge is 2.23. The Bertz CT molecular complexity index is 519. The maximum atomic E-state index is 11.9. The molecule has 2 rings (SSSR count). The highest BCUT2D eigenvalue weighted by Crippen LogP contribution is 2.15. The fraction of sp³-hybridized carbons (Fsp3) is 0.467. The average molecular weight is 291 g/mol. The maximum Gasteiger partial charge on any atom is 0.335 e. The number of rotatable bonds is 5. The van der Waals surface area contributed by atoms with E-state index in [1.165, 1.54) is 18.6 Å². The van der Waals surface area contributed by atoms with Gasteiger partial charge in [0, 0.05) is 18.3 Å². The van der Waals surface area contributed by atoms with Crippen LogP contribution in [0.1, 0.15) is 30.1 Å². The number of amides is 2. The lowest BCUT2D eigenvalue weighted by Crippen LogP contribution is -2.41. The first-order valence-corrected chi connectivity index (χ1v) is 7.22. The predicted octanol–water partition coefficient (Wildman–Crippen LogP) is 1.99. The number of hydrogen-bond acceptors (Lipinski definition) is 3. The number of hydrogen-bond donors (Lipinski definition) is 3. The Hall–Kier alpha value is -2.08. The van der Waals surface area contributed by atoms with Gasteiger partial charge in [-0.3, -0.25) is 4.90 Å². The summed E-state index contributed by atoms with van der Waals surface area (Å²) in [5, 5.41) is 14.4. The maximum absolute atomic E-state index is 11.9. The minimum absolute atomic E-state index is 0.153. The van der Waals surface area contributed by atoms with Gasteiger partial charge in [0.1, 0.15) is 0 Å². The Morgan fingerprint density at radius 2 is 2.24 bits per heavy atom. The first-order chi connectivity index (χ1) is 10.1. The molecule has 2 amide bonds. The zero-order valence-electron chi connectivity index (χ0n) is 12.1. The van der Waals surface area contributed by atoms with Crippen LogP contribution in [0.5, 0.6) is 0 Å². The molecule has 3 N–H and O–H groups in total. The van der Waals surface area contributed by atoms with E-state index in [1.54, 1.807) is 12.1 Å². The van der Waals surface area contributed by atoms with Crippen molar-refractivity contribution in [3.63, 3.8) is 0 Å². The Kier molecular flexibility index (Phi) is 5.16. The third-order valence-electron chi connectivity index (χ3n) is 3.77. The van der Waals surface area contributed by atoms with Gasteiger partial charge in [-0.05, 0) is 44.1 Å². The molecule has 114 valence electrons. The molecule has 1 fully saturated rings.